The molecule has 0 saturated heterocycles. The second-order valence-electron chi connectivity index (χ2n) is 4.63. The highest BCUT2D eigenvalue weighted by molar-refractivity contribution is 6.08. The number of aromatic nitrogens is 2. The van der Waals surface area contributed by atoms with E-state index in [0.29, 0.717) is 11.0 Å². The molecule has 2 aromatic carbocycles. The topological polar surface area (TPSA) is 42.9 Å². The van der Waals surface area contributed by atoms with Gasteiger partial charge in [-0.25, -0.2) is 13.8 Å². The fourth-order valence-corrected chi connectivity index (χ4v) is 2.06. The van der Waals surface area contributed by atoms with E-state index in [1.54, 1.807) is 24.3 Å². The van der Waals surface area contributed by atoms with E-state index < -0.39 is 23.0 Å². The van der Waals surface area contributed by atoms with Crippen molar-refractivity contribution in [2.75, 3.05) is 0 Å². The number of hydrogen-bond acceptors (Lipinski definition) is 3. The number of nitrogens with zero attached hydrogens (tertiary/aromatic N) is 2. The van der Waals surface area contributed by atoms with Crippen molar-refractivity contribution in [3.63, 3.8) is 0 Å². The molecule has 0 bridgehead atoms. The fraction of sp³-hybridized carbons (Fsp3) is 0.0625. The van der Waals surface area contributed by atoms with Crippen LogP contribution in [-0.2, 0) is 0 Å². The Morgan fingerprint density at radius 2 is 1.76 bits per heavy atom. The zero-order valence-electron chi connectivity index (χ0n) is 11.1. The largest absolute Gasteiger partial charge is 0.287 e. The van der Waals surface area contributed by atoms with Crippen LogP contribution in [0.2, 0.25) is 0 Å². The molecule has 3 aromatic rings. The van der Waals surface area contributed by atoms with Crippen molar-refractivity contribution in [3.05, 3.63) is 71.1 Å². The third kappa shape index (κ3) is 2.27. The highest BCUT2D eigenvalue weighted by Crippen LogP contribution is 2.20. The minimum Gasteiger partial charge on any atom is -0.287 e. The van der Waals surface area contributed by atoms with Gasteiger partial charge in [0.05, 0.1) is 22.8 Å². The number of hydrogen-bond donors (Lipinski definition) is 0. The number of carbonyl (C=O) groups is 1. The minimum absolute atomic E-state index is 0.0860. The molecule has 0 saturated carbocycles. The van der Waals surface area contributed by atoms with Crippen molar-refractivity contribution < 1.29 is 13.6 Å². The van der Waals surface area contributed by atoms with Crippen LogP contribution < -0.4 is 0 Å². The molecule has 104 valence electrons. The Balaban J connectivity index is 2.15. The summed E-state index contributed by atoms with van der Waals surface area (Å²) in [5, 5.41) is 0. The molecule has 0 radical (unpaired) electrons. The Kier molecular flexibility index (Phi) is 3.17. The van der Waals surface area contributed by atoms with E-state index in [9.17, 15) is 13.6 Å². The summed E-state index contributed by atoms with van der Waals surface area (Å²) in [5.41, 5.74) is 0.626. The lowest BCUT2D eigenvalue weighted by Crippen LogP contribution is -2.11. The van der Waals surface area contributed by atoms with E-state index >= 15 is 0 Å². The van der Waals surface area contributed by atoms with E-state index in [1.807, 2.05) is 0 Å². The summed E-state index contributed by atoms with van der Waals surface area (Å²) < 4.78 is 27.8. The Labute approximate surface area is 119 Å². The number of rotatable bonds is 2. The van der Waals surface area contributed by atoms with Gasteiger partial charge in [-0.2, -0.15) is 0 Å². The number of para-hydroxylation sites is 2. The van der Waals surface area contributed by atoms with Gasteiger partial charge in [0, 0.05) is 0 Å². The number of ketones is 1. The van der Waals surface area contributed by atoms with Crippen molar-refractivity contribution in [1.82, 2.24) is 9.97 Å². The monoisotopic (exact) mass is 284 g/mol. The highest BCUT2D eigenvalue weighted by Gasteiger charge is 2.22. The summed E-state index contributed by atoms with van der Waals surface area (Å²) >= 11 is 0. The quantitative estimate of drug-likeness (QED) is 0.677. The lowest BCUT2D eigenvalue weighted by Gasteiger charge is -2.06. The lowest BCUT2D eigenvalue weighted by atomic mass is 10.0. The molecule has 3 nitrogen and oxygen atoms in total. The van der Waals surface area contributed by atoms with Crippen LogP contribution in [0, 0.1) is 18.6 Å². The standard InChI is InChI=1S/C16H10F2N2O/c1-9-6-7-10(17)14(15(9)18)16(21)13-8-19-11-4-2-3-5-12(11)20-13/h2-8H,1H3. The molecule has 0 aliphatic heterocycles. The molecule has 5 heteroatoms. The fourth-order valence-electron chi connectivity index (χ4n) is 2.06. The first-order chi connectivity index (χ1) is 10.1. The molecule has 0 amide bonds. The zero-order chi connectivity index (χ0) is 15.0. The average molecular weight is 284 g/mol. The van der Waals surface area contributed by atoms with Gasteiger partial charge in [0.15, 0.2) is 0 Å². The molecule has 3 rings (SSSR count). The van der Waals surface area contributed by atoms with Crippen LogP contribution in [0.4, 0.5) is 8.78 Å². The van der Waals surface area contributed by atoms with E-state index in [0.717, 1.165) is 6.07 Å². The van der Waals surface area contributed by atoms with Gasteiger partial charge < -0.3 is 0 Å². The normalized spacial score (nSPS) is 10.8. The van der Waals surface area contributed by atoms with Crippen molar-refractivity contribution >= 4 is 16.8 Å². The van der Waals surface area contributed by atoms with E-state index in [2.05, 4.69) is 9.97 Å². The predicted octanol–water partition coefficient (Wildman–Crippen LogP) is 3.45. The Bertz CT molecular complexity index is 862. The number of carbonyl (C=O) groups excluding carboxylic acids is 1. The Morgan fingerprint density at radius 1 is 1.05 bits per heavy atom. The maximum atomic E-state index is 14.0. The molecule has 0 spiro atoms. The van der Waals surface area contributed by atoms with E-state index in [4.69, 9.17) is 0 Å². The first-order valence-corrected chi connectivity index (χ1v) is 6.29. The SMILES string of the molecule is Cc1ccc(F)c(C(=O)c2cnc3ccccc3n2)c1F. The molecule has 0 aliphatic rings. The third-order valence-electron chi connectivity index (χ3n) is 3.19. The van der Waals surface area contributed by atoms with Gasteiger partial charge in [-0.15, -0.1) is 0 Å². The average Bonchev–Trinajstić information content (AvgIpc) is 2.51. The van der Waals surface area contributed by atoms with Crippen LogP contribution >= 0.6 is 0 Å². The Morgan fingerprint density at radius 3 is 2.52 bits per heavy atom. The number of aryl methyl sites for hydroxylation is 1. The molecule has 0 fully saturated rings. The van der Waals surface area contributed by atoms with Crippen molar-refractivity contribution in [1.29, 1.82) is 0 Å². The van der Waals surface area contributed by atoms with Crippen LogP contribution in [0.5, 0.6) is 0 Å². The zero-order valence-corrected chi connectivity index (χ0v) is 11.1. The second-order valence-corrected chi connectivity index (χ2v) is 4.63. The molecule has 0 N–H and O–H groups in total. The number of benzene rings is 2. The van der Waals surface area contributed by atoms with Crippen LogP contribution in [0.1, 0.15) is 21.6 Å². The van der Waals surface area contributed by atoms with Gasteiger partial charge in [-0.1, -0.05) is 18.2 Å². The van der Waals surface area contributed by atoms with Crippen molar-refractivity contribution in [2.24, 2.45) is 0 Å². The Hall–Kier alpha value is -2.69. The molecule has 0 atom stereocenters. The summed E-state index contributed by atoms with van der Waals surface area (Å²) in [6, 6.07) is 9.32. The number of fused-ring (bicyclic) bond motifs is 1. The van der Waals surface area contributed by atoms with Crippen LogP contribution in [0.15, 0.2) is 42.6 Å². The third-order valence-corrected chi connectivity index (χ3v) is 3.19. The van der Waals surface area contributed by atoms with Gasteiger partial charge >= 0.3 is 0 Å². The minimum atomic E-state index is -0.905. The predicted molar refractivity (Wildman–Crippen MR) is 74.1 cm³/mol. The first kappa shape index (κ1) is 13.3. The van der Waals surface area contributed by atoms with Gasteiger partial charge in [-0.3, -0.25) is 9.78 Å². The molecule has 0 aliphatic carbocycles. The molecule has 1 heterocycles. The van der Waals surface area contributed by atoms with E-state index in [-0.39, 0.29) is 11.3 Å². The molecular formula is C16H10F2N2O. The van der Waals surface area contributed by atoms with Crippen LogP contribution in [0.3, 0.4) is 0 Å². The lowest BCUT2D eigenvalue weighted by molar-refractivity contribution is 0.102. The summed E-state index contributed by atoms with van der Waals surface area (Å²) in [6.45, 7) is 1.47. The van der Waals surface area contributed by atoms with Crippen molar-refractivity contribution in [2.45, 2.75) is 6.92 Å². The maximum Gasteiger partial charge on any atom is 0.218 e. The highest BCUT2D eigenvalue weighted by atomic mass is 19.1. The van der Waals surface area contributed by atoms with Crippen LogP contribution in [0.25, 0.3) is 11.0 Å². The van der Waals surface area contributed by atoms with Gasteiger partial charge in [-0.05, 0) is 30.7 Å². The van der Waals surface area contributed by atoms with Crippen LogP contribution in [-0.4, -0.2) is 15.8 Å². The molecular weight excluding hydrogens is 274 g/mol. The second kappa shape index (κ2) is 5.01. The van der Waals surface area contributed by atoms with Gasteiger partial charge in [0.2, 0.25) is 5.78 Å². The summed E-state index contributed by atoms with van der Waals surface area (Å²) in [4.78, 5) is 20.5. The van der Waals surface area contributed by atoms with Gasteiger partial charge in [0.25, 0.3) is 0 Å². The van der Waals surface area contributed by atoms with Crippen molar-refractivity contribution in [3.8, 4) is 0 Å². The number of halogens is 2. The smallest absolute Gasteiger partial charge is 0.218 e. The summed E-state index contributed by atoms with van der Waals surface area (Å²) in [5.74, 6) is -2.58. The van der Waals surface area contributed by atoms with Gasteiger partial charge in [0.1, 0.15) is 17.3 Å². The summed E-state index contributed by atoms with van der Waals surface area (Å²) in [6.07, 6.45) is 1.23. The molecule has 0 unspecified atom stereocenters. The van der Waals surface area contributed by atoms with E-state index in [1.165, 1.54) is 19.2 Å². The molecule has 21 heavy (non-hydrogen) atoms. The summed E-state index contributed by atoms with van der Waals surface area (Å²) in [7, 11) is 0. The molecule has 1 aromatic heterocycles. The maximum absolute atomic E-state index is 14.0. The first-order valence-electron chi connectivity index (χ1n) is 6.29.